The zero-order valence-electron chi connectivity index (χ0n) is 17.1. The molecule has 0 bridgehead atoms. The Morgan fingerprint density at radius 2 is 1.65 bits per heavy atom. The molecule has 1 N–H and O–H groups in total. The third-order valence-electron chi connectivity index (χ3n) is 4.81. The molecular formula is C24H19NO6. The first kappa shape index (κ1) is 20.2. The van der Waals surface area contributed by atoms with Gasteiger partial charge < -0.3 is 18.9 Å². The van der Waals surface area contributed by atoms with Crippen molar-refractivity contribution in [3.05, 3.63) is 81.7 Å². The third kappa shape index (κ3) is 3.98. The maximum absolute atomic E-state index is 12.7. The SMILES string of the molecule is CC(=O)Nc1ccc(C(=O)Oc2c(C)c(-c3cc4ccccc4o3)oc(=O)c2C)cc1. The van der Waals surface area contributed by atoms with Gasteiger partial charge in [0.15, 0.2) is 11.5 Å². The second-order valence-electron chi connectivity index (χ2n) is 7.09. The largest absolute Gasteiger partial charge is 0.453 e. The molecule has 156 valence electrons. The summed E-state index contributed by atoms with van der Waals surface area (Å²) in [6, 6.07) is 15.4. The molecule has 0 saturated carbocycles. The topological polar surface area (TPSA) is 98.8 Å². The molecule has 0 aliphatic heterocycles. The highest BCUT2D eigenvalue weighted by molar-refractivity contribution is 5.93. The first-order valence-corrected chi connectivity index (χ1v) is 9.56. The number of amides is 1. The van der Waals surface area contributed by atoms with Gasteiger partial charge in [0.05, 0.1) is 11.1 Å². The average molecular weight is 417 g/mol. The lowest BCUT2D eigenvalue weighted by Crippen LogP contribution is -2.15. The van der Waals surface area contributed by atoms with E-state index < -0.39 is 11.6 Å². The van der Waals surface area contributed by atoms with Crippen molar-refractivity contribution in [2.75, 3.05) is 5.32 Å². The Morgan fingerprint density at radius 3 is 2.32 bits per heavy atom. The second kappa shape index (κ2) is 7.95. The van der Waals surface area contributed by atoms with Crippen LogP contribution in [0.15, 0.2) is 68.2 Å². The number of fused-ring (bicyclic) bond motifs is 1. The molecule has 2 aromatic carbocycles. The monoisotopic (exact) mass is 417 g/mol. The van der Waals surface area contributed by atoms with E-state index in [-0.39, 0.29) is 28.5 Å². The van der Waals surface area contributed by atoms with E-state index in [2.05, 4.69) is 5.32 Å². The van der Waals surface area contributed by atoms with Gasteiger partial charge in [-0.05, 0) is 50.2 Å². The van der Waals surface area contributed by atoms with Crippen molar-refractivity contribution in [2.45, 2.75) is 20.8 Å². The molecule has 0 aliphatic carbocycles. The van der Waals surface area contributed by atoms with Crippen LogP contribution in [0, 0.1) is 13.8 Å². The summed E-state index contributed by atoms with van der Waals surface area (Å²) < 4.78 is 16.8. The summed E-state index contributed by atoms with van der Waals surface area (Å²) in [5.74, 6) is -0.150. The first-order chi connectivity index (χ1) is 14.8. The number of hydrogen-bond acceptors (Lipinski definition) is 6. The molecule has 7 heteroatoms. The summed E-state index contributed by atoms with van der Waals surface area (Å²) in [5, 5.41) is 3.49. The van der Waals surface area contributed by atoms with E-state index in [4.69, 9.17) is 13.6 Å². The van der Waals surface area contributed by atoms with Crippen molar-refractivity contribution < 1.29 is 23.2 Å². The molecule has 0 radical (unpaired) electrons. The number of esters is 1. The van der Waals surface area contributed by atoms with E-state index in [0.29, 0.717) is 22.6 Å². The van der Waals surface area contributed by atoms with Crippen LogP contribution >= 0.6 is 0 Å². The first-order valence-electron chi connectivity index (χ1n) is 9.56. The molecule has 0 spiro atoms. The van der Waals surface area contributed by atoms with Crippen molar-refractivity contribution in [1.82, 2.24) is 0 Å². The summed E-state index contributed by atoms with van der Waals surface area (Å²) in [4.78, 5) is 36.3. The molecular weight excluding hydrogens is 398 g/mol. The molecule has 4 aromatic rings. The maximum atomic E-state index is 12.7. The summed E-state index contributed by atoms with van der Waals surface area (Å²) >= 11 is 0. The quantitative estimate of drug-likeness (QED) is 0.477. The van der Waals surface area contributed by atoms with Crippen molar-refractivity contribution in [2.24, 2.45) is 0 Å². The highest BCUT2D eigenvalue weighted by Crippen LogP contribution is 2.34. The van der Waals surface area contributed by atoms with Crippen LogP contribution in [-0.2, 0) is 4.79 Å². The summed E-state index contributed by atoms with van der Waals surface area (Å²) in [6.07, 6.45) is 0. The van der Waals surface area contributed by atoms with Crippen molar-refractivity contribution >= 4 is 28.5 Å². The van der Waals surface area contributed by atoms with Crippen molar-refractivity contribution in [1.29, 1.82) is 0 Å². The summed E-state index contributed by atoms with van der Waals surface area (Å²) in [6.45, 7) is 4.62. The smallest absolute Gasteiger partial charge is 0.343 e. The van der Waals surface area contributed by atoms with Gasteiger partial charge in [-0.15, -0.1) is 0 Å². The Labute approximate surface area is 177 Å². The lowest BCUT2D eigenvalue weighted by atomic mass is 10.1. The zero-order chi connectivity index (χ0) is 22.1. The average Bonchev–Trinajstić information content (AvgIpc) is 3.17. The van der Waals surface area contributed by atoms with Crippen LogP contribution in [0.3, 0.4) is 0 Å². The number of ether oxygens (including phenoxy) is 1. The Kier molecular flexibility index (Phi) is 5.17. The van der Waals surface area contributed by atoms with Gasteiger partial charge in [0.2, 0.25) is 5.91 Å². The summed E-state index contributed by atoms with van der Waals surface area (Å²) in [7, 11) is 0. The standard InChI is InChI=1S/C24H19NO6/c1-13-21(30-24(28)16-8-10-18(11-9-16)25-15(3)26)14(2)23(27)31-22(13)20-12-17-6-4-5-7-19(17)29-20/h4-12H,1-3H3,(H,25,26). The molecule has 0 atom stereocenters. The van der Waals surface area contributed by atoms with Crippen LogP contribution in [0.4, 0.5) is 5.69 Å². The number of anilines is 1. The number of carbonyl (C=O) groups is 2. The van der Waals surface area contributed by atoms with Crippen LogP contribution < -0.4 is 15.7 Å². The minimum atomic E-state index is -0.637. The molecule has 0 aliphatic rings. The number of benzene rings is 2. The number of carbonyl (C=O) groups excluding carboxylic acids is 2. The van der Waals surface area contributed by atoms with E-state index >= 15 is 0 Å². The number of nitrogens with one attached hydrogen (secondary N) is 1. The number of hydrogen-bond donors (Lipinski definition) is 1. The zero-order valence-corrected chi connectivity index (χ0v) is 17.1. The molecule has 2 heterocycles. The molecule has 0 saturated heterocycles. The van der Waals surface area contributed by atoms with Gasteiger partial charge in [-0.25, -0.2) is 9.59 Å². The Morgan fingerprint density at radius 1 is 0.935 bits per heavy atom. The highest BCUT2D eigenvalue weighted by atomic mass is 16.5. The highest BCUT2D eigenvalue weighted by Gasteiger charge is 2.22. The van der Waals surface area contributed by atoms with Crippen LogP contribution in [0.25, 0.3) is 22.5 Å². The van der Waals surface area contributed by atoms with Gasteiger partial charge in [0.1, 0.15) is 11.3 Å². The van der Waals surface area contributed by atoms with Gasteiger partial charge in [0, 0.05) is 23.6 Å². The fraction of sp³-hybridized carbons (Fsp3) is 0.125. The van der Waals surface area contributed by atoms with Crippen LogP contribution in [-0.4, -0.2) is 11.9 Å². The molecule has 7 nitrogen and oxygen atoms in total. The van der Waals surface area contributed by atoms with E-state index in [1.807, 2.05) is 24.3 Å². The summed E-state index contributed by atoms with van der Waals surface area (Å²) in [5.41, 5.74) is 1.51. The Bertz CT molecular complexity index is 1330. The van der Waals surface area contributed by atoms with Gasteiger partial charge >= 0.3 is 11.6 Å². The van der Waals surface area contributed by atoms with E-state index in [1.54, 1.807) is 25.1 Å². The van der Waals surface area contributed by atoms with Gasteiger partial charge in [0.25, 0.3) is 0 Å². The predicted octanol–water partition coefficient (Wildman–Crippen LogP) is 4.85. The number of furan rings is 1. The minimum absolute atomic E-state index is 0.127. The molecule has 31 heavy (non-hydrogen) atoms. The molecule has 0 fully saturated rings. The lowest BCUT2D eigenvalue weighted by Gasteiger charge is -2.12. The number of rotatable bonds is 4. The molecule has 1 amide bonds. The predicted molar refractivity (Wildman–Crippen MR) is 115 cm³/mol. The van der Waals surface area contributed by atoms with Crippen molar-refractivity contribution in [3.8, 4) is 17.3 Å². The molecule has 4 rings (SSSR count). The van der Waals surface area contributed by atoms with E-state index in [9.17, 15) is 14.4 Å². The van der Waals surface area contributed by atoms with Crippen molar-refractivity contribution in [3.63, 3.8) is 0 Å². The van der Waals surface area contributed by atoms with Crippen LogP contribution in [0.5, 0.6) is 5.75 Å². The lowest BCUT2D eigenvalue weighted by molar-refractivity contribution is -0.114. The van der Waals surface area contributed by atoms with Gasteiger partial charge in [-0.2, -0.15) is 0 Å². The van der Waals surface area contributed by atoms with E-state index in [0.717, 1.165) is 5.39 Å². The van der Waals surface area contributed by atoms with Gasteiger partial charge in [-0.3, -0.25) is 4.79 Å². The Hall–Kier alpha value is -4.13. The van der Waals surface area contributed by atoms with E-state index in [1.165, 1.54) is 26.0 Å². The fourth-order valence-corrected chi connectivity index (χ4v) is 3.25. The maximum Gasteiger partial charge on any atom is 0.343 e. The second-order valence-corrected chi connectivity index (χ2v) is 7.09. The third-order valence-corrected chi connectivity index (χ3v) is 4.81. The van der Waals surface area contributed by atoms with Gasteiger partial charge in [-0.1, -0.05) is 18.2 Å². The minimum Gasteiger partial charge on any atom is -0.453 e. The normalized spacial score (nSPS) is 10.8. The molecule has 2 aromatic heterocycles. The Balaban J connectivity index is 1.69. The van der Waals surface area contributed by atoms with Crippen LogP contribution in [0.1, 0.15) is 28.4 Å². The van der Waals surface area contributed by atoms with Crippen LogP contribution in [0.2, 0.25) is 0 Å². The molecule has 0 unspecified atom stereocenters. The fourth-order valence-electron chi connectivity index (χ4n) is 3.25. The number of para-hydroxylation sites is 1.